The van der Waals surface area contributed by atoms with Gasteiger partial charge in [0.1, 0.15) is 23.9 Å². The third kappa shape index (κ3) is 4.50. The molecule has 0 bridgehead atoms. The van der Waals surface area contributed by atoms with E-state index >= 15 is 0 Å². The number of nitro benzene ring substituents is 1. The second kappa shape index (κ2) is 7.35. The van der Waals surface area contributed by atoms with E-state index in [0.29, 0.717) is 18.0 Å². The number of benzene rings is 2. The van der Waals surface area contributed by atoms with E-state index < -0.39 is 4.92 Å². The van der Waals surface area contributed by atoms with Crippen molar-refractivity contribution < 1.29 is 18.8 Å². The molecule has 6 nitrogen and oxygen atoms in total. The van der Waals surface area contributed by atoms with Crippen LogP contribution >= 0.6 is 0 Å². The lowest BCUT2D eigenvalue weighted by Crippen LogP contribution is -2.12. The number of halogens is 1. The van der Waals surface area contributed by atoms with Crippen molar-refractivity contribution in [3.05, 3.63) is 64.0 Å². The van der Waals surface area contributed by atoms with Gasteiger partial charge in [0.05, 0.1) is 4.92 Å². The maximum atomic E-state index is 12.8. The van der Waals surface area contributed by atoms with E-state index in [4.69, 9.17) is 4.74 Å². The monoisotopic (exact) mass is 318 g/mol. The second-order valence-electron chi connectivity index (χ2n) is 4.77. The number of nitrogens with one attached hydrogen (secondary N) is 1. The predicted octanol–water partition coefficient (Wildman–Crippen LogP) is 3.43. The molecule has 0 radical (unpaired) electrons. The Hall–Kier alpha value is -2.96. The Morgan fingerprint density at radius 2 is 1.96 bits per heavy atom. The first kappa shape index (κ1) is 16.4. The summed E-state index contributed by atoms with van der Waals surface area (Å²) in [6.07, 6.45) is 0. The number of Topliss-reactive ketones (excluding diaryl/α,β-unsaturated/α-hetero) is 1. The van der Waals surface area contributed by atoms with Gasteiger partial charge in [-0.2, -0.15) is 0 Å². The van der Waals surface area contributed by atoms with Gasteiger partial charge in [0.2, 0.25) is 0 Å². The van der Waals surface area contributed by atoms with Gasteiger partial charge < -0.3 is 10.1 Å². The van der Waals surface area contributed by atoms with Crippen LogP contribution in [0.2, 0.25) is 0 Å². The summed E-state index contributed by atoms with van der Waals surface area (Å²) in [6.45, 7) is 1.91. The molecular formula is C16H15FN2O4. The number of carbonyl (C=O) groups is 1. The standard InChI is InChI=1S/C16H15FN2O4/c1-11(20)12-2-7-15(16(10-12)19(21)22)18-8-9-23-14-5-3-13(17)4-6-14/h2-7,10,18H,8-9H2,1H3. The Kier molecular flexibility index (Phi) is 5.24. The molecule has 2 aromatic rings. The van der Waals surface area contributed by atoms with E-state index in [9.17, 15) is 19.3 Å². The Morgan fingerprint density at radius 1 is 1.26 bits per heavy atom. The third-order valence-electron chi connectivity index (χ3n) is 3.10. The molecule has 0 fully saturated rings. The smallest absolute Gasteiger partial charge is 0.293 e. The van der Waals surface area contributed by atoms with E-state index in [-0.39, 0.29) is 29.5 Å². The predicted molar refractivity (Wildman–Crippen MR) is 83.5 cm³/mol. The minimum absolute atomic E-state index is 0.167. The fraction of sp³-hybridized carbons (Fsp3) is 0.188. The first-order chi connectivity index (χ1) is 11.0. The summed E-state index contributed by atoms with van der Waals surface area (Å²) < 4.78 is 18.1. The molecule has 0 aromatic heterocycles. The van der Waals surface area contributed by atoms with Crippen molar-refractivity contribution in [3.8, 4) is 5.75 Å². The first-order valence-corrected chi connectivity index (χ1v) is 6.89. The molecule has 23 heavy (non-hydrogen) atoms. The number of nitro groups is 1. The van der Waals surface area contributed by atoms with Gasteiger partial charge in [-0.25, -0.2) is 4.39 Å². The molecule has 0 heterocycles. The molecule has 0 aliphatic carbocycles. The van der Waals surface area contributed by atoms with Crippen LogP contribution in [-0.2, 0) is 0 Å². The SMILES string of the molecule is CC(=O)c1ccc(NCCOc2ccc(F)cc2)c([N+](=O)[O-])c1. The van der Waals surface area contributed by atoms with Crippen LogP contribution in [0.3, 0.4) is 0 Å². The van der Waals surface area contributed by atoms with Gasteiger partial charge in [-0.15, -0.1) is 0 Å². The molecule has 7 heteroatoms. The van der Waals surface area contributed by atoms with Gasteiger partial charge in [-0.05, 0) is 43.3 Å². The van der Waals surface area contributed by atoms with Crippen LogP contribution in [0.1, 0.15) is 17.3 Å². The van der Waals surface area contributed by atoms with Crippen LogP contribution in [0.25, 0.3) is 0 Å². The minimum Gasteiger partial charge on any atom is -0.492 e. The fourth-order valence-corrected chi connectivity index (χ4v) is 1.94. The fourth-order valence-electron chi connectivity index (χ4n) is 1.94. The summed E-state index contributed by atoms with van der Waals surface area (Å²) in [5.41, 5.74) is 0.423. The first-order valence-electron chi connectivity index (χ1n) is 6.89. The van der Waals surface area contributed by atoms with Crippen molar-refractivity contribution >= 4 is 17.2 Å². The van der Waals surface area contributed by atoms with E-state index in [2.05, 4.69) is 5.32 Å². The molecule has 0 spiro atoms. The highest BCUT2D eigenvalue weighted by Crippen LogP contribution is 2.25. The van der Waals surface area contributed by atoms with Gasteiger partial charge in [0.15, 0.2) is 5.78 Å². The highest BCUT2D eigenvalue weighted by atomic mass is 19.1. The molecule has 0 aliphatic rings. The number of anilines is 1. The van der Waals surface area contributed by atoms with Crippen molar-refractivity contribution in [2.24, 2.45) is 0 Å². The van der Waals surface area contributed by atoms with Crippen LogP contribution in [0.4, 0.5) is 15.8 Å². The maximum Gasteiger partial charge on any atom is 0.293 e. The average molecular weight is 318 g/mol. The van der Waals surface area contributed by atoms with Crippen LogP contribution in [-0.4, -0.2) is 23.9 Å². The van der Waals surface area contributed by atoms with E-state index in [1.807, 2.05) is 0 Å². The number of hydrogen-bond acceptors (Lipinski definition) is 5. The number of ketones is 1. The Morgan fingerprint density at radius 3 is 2.57 bits per heavy atom. The van der Waals surface area contributed by atoms with Crippen LogP contribution in [0.15, 0.2) is 42.5 Å². The molecule has 0 saturated heterocycles. The second-order valence-corrected chi connectivity index (χ2v) is 4.77. The van der Waals surface area contributed by atoms with Crippen molar-refractivity contribution in [1.29, 1.82) is 0 Å². The van der Waals surface area contributed by atoms with Gasteiger partial charge in [0, 0.05) is 18.2 Å². The quantitative estimate of drug-likeness (QED) is 0.366. The van der Waals surface area contributed by atoms with Gasteiger partial charge in [-0.1, -0.05) is 0 Å². The summed E-state index contributed by atoms with van der Waals surface area (Å²) >= 11 is 0. The number of ether oxygens (including phenoxy) is 1. The molecule has 0 amide bonds. The Labute approximate surface area is 132 Å². The van der Waals surface area contributed by atoms with E-state index in [0.717, 1.165) is 0 Å². The number of nitrogens with zero attached hydrogens (tertiary/aromatic N) is 1. The molecule has 0 atom stereocenters. The summed E-state index contributed by atoms with van der Waals surface area (Å²) in [5.74, 6) is -0.0782. The zero-order valence-electron chi connectivity index (χ0n) is 12.4. The topological polar surface area (TPSA) is 81.5 Å². The number of carbonyl (C=O) groups excluding carboxylic acids is 1. The largest absolute Gasteiger partial charge is 0.492 e. The van der Waals surface area contributed by atoms with Crippen molar-refractivity contribution in [2.75, 3.05) is 18.5 Å². The van der Waals surface area contributed by atoms with Crippen LogP contribution < -0.4 is 10.1 Å². The highest BCUT2D eigenvalue weighted by Gasteiger charge is 2.15. The van der Waals surface area contributed by atoms with Gasteiger partial charge in [-0.3, -0.25) is 14.9 Å². The Balaban J connectivity index is 1.96. The molecule has 1 N–H and O–H groups in total. The zero-order valence-corrected chi connectivity index (χ0v) is 12.4. The van der Waals surface area contributed by atoms with Gasteiger partial charge >= 0.3 is 0 Å². The molecule has 2 aromatic carbocycles. The van der Waals surface area contributed by atoms with Crippen LogP contribution in [0, 0.1) is 15.9 Å². The summed E-state index contributed by atoms with van der Waals surface area (Å²) in [7, 11) is 0. The molecule has 0 unspecified atom stereocenters. The Bertz CT molecular complexity index is 717. The lowest BCUT2D eigenvalue weighted by molar-refractivity contribution is -0.384. The van der Waals surface area contributed by atoms with Crippen molar-refractivity contribution in [1.82, 2.24) is 0 Å². The molecule has 0 aliphatic heterocycles. The van der Waals surface area contributed by atoms with E-state index in [1.54, 1.807) is 0 Å². The molecule has 2 rings (SSSR count). The lowest BCUT2D eigenvalue weighted by atomic mass is 10.1. The molecule has 120 valence electrons. The summed E-state index contributed by atoms with van der Waals surface area (Å²) in [6, 6.07) is 9.83. The highest BCUT2D eigenvalue weighted by molar-refractivity contribution is 5.95. The van der Waals surface area contributed by atoms with Crippen molar-refractivity contribution in [3.63, 3.8) is 0 Å². The number of rotatable bonds is 7. The minimum atomic E-state index is -0.546. The van der Waals surface area contributed by atoms with Crippen molar-refractivity contribution in [2.45, 2.75) is 6.92 Å². The van der Waals surface area contributed by atoms with Gasteiger partial charge in [0.25, 0.3) is 5.69 Å². The average Bonchev–Trinajstić information content (AvgIpc) is 2.53. The van der Waals surface area contributed by atoms with Crippen LogP contribution in [0.5, 0.6) is 5.75 Å². The molecular weight excluding hydrogens is 303 g/mol. The summed E-state index contributed by atoms with van der Waals surface area (Å²) in [5, 5.41) is 14.0. The summed E-state index contributed by atoms with van der Waals surface area (Å²) in [4.78, 5) is 21.8. The molecule has 0 saturated carbocycles. The maximum absolute atomic E-state index is 12.8. The zero-order chi connectivity index (χ0) is 16.8. The third-order valence-corrected chi connectivity index (χ3v) is 3.10. The number of hydrogen-bond donors (Lipinski definition) is 1. The van der Waals surface area contributed by atoms with E-state index in [1.165, 1.54) is 49.4 Å². The lowest BCUT2D eigenvalue weighted by Gasteiger charge is -2.09. The normalized spacial score (nSPS) is 10.2.